The number of nitrogens with zero attached hydrogens (tertiary/aromatic N) is 1. The van der Waals surface area contributed by atoms with Gasteiger partial charge in [-0.25, -0.2) is 0 Å². The third-order valence-electron chi connectivity index (χ3n) is 4.52. The smallest absolute Gasteiger partial charge is 0.246 e. The lowest BCUT2D eigenvalue weighted by Gasteiger charge is -2.48. The number of amides is 2. The van der Waals surface area contributed by atoms with Crippen LogP contribution >= 0.6 is 11.6 Å². The number of carbonyl (C=O) groups excluding carboxylic acids is 2. The van der Waals surface area contributed by atoms with E-state index in [1.54, 1.807) is 11.0 Å². The van der Waals surface area contributed by atoms with E-state index in [0.717, 1.165) is 6.42 Å². The van der Waals surface area contributed by atoms with Crippen LogP contribution in [0.2, 0.25) is 0 Å². The molecule has 2 amide bonds. The highest BCUT2D eigenvalue weighted by molar-refractivity contribution is 6.25. The zero-order valence-corrected chi connectivity index (χ0v) is 13.5. The summed E-state index contributed by atoms with van der Waals surface area (Å²) in [5, 5.41) is 2.93. The molecule has 1 fully saturated rings. The molecule has 2 unspecified atom stereocenters. The molecule has 0 radical (unpaired) electrons. The van der Waals surface area contributed by atoms with Crippen molar-refractivity contribution in [3.8, 4) is 0 Å². The van der Waals surface area contributed by atoms with Crippen LogP contribution in [0, 0.1) is 5.92 Å². The van der Waals surface area contributed by atoms with Gasteiger partial charge in [-0.3, -0.25) is 9.59 Å². The van der Waals surface area contributed by atoms with Crippen LogP contribution in [-0.4, -0.2) is 34.8 Å². The second-order valence-electron chi connectivity index (χ2n) is 5.39. The van der Waals surface area contributed by atoms with Crippen LogP contribution in [0.15, 0.2) is 11.6 Å². The van der Waals surface area contributed by atoms with Gasteiger partial charge in [-0.2, -0.15) is 0 Å². The maximum atomic E-state index is 12.7. The molecule has 2 atom stereocenters. The Kier molecular flexibility index (Phi) is 6.06. The molecule has 1 aliphatic heterocycles. The predicted molar refractivity (Wildman–Crippen MR) is 81.4 cm³/mol. The molecule has 1 heterocycles. The molecule has 0 bridgehead atoms. The van der Waals surface area contributed by atoms with Gasteiger partial charge in [0.15, 0.2) is 0 Å². The van der Waals surface area contributed by atoms with E-state index in [2.05, 4.69) is 5.32 Å². The number of hydrogen-bond donors (Lipinski definition) is 1. The predicted octanol–water partition coefficient (Wildman–Crippen LogP) is 2.67. The fourth-order valence-corrected chi connectivity index (χ4v) is 2.90. The number of carbonyl (C=O) groups is 2. The summed E-state index contributed by atoms with van der Waals surface area (Å²) >= 11 is 5.59. The second-order valence-corrected chi connectivity index (χ2v) is 5.64. The van der Waals surface area contributed by atoms with Crippen molar-refractivity contribution in [3.05, 3.63) is 11.6 Å². The van der Waals surface area contributed by atoms with Gasteiger partial charge in [0.1, 0.15) is 11.6 Å². The molecule has 1 N–H and O–H groups in total. The van der Waals surface area contributed by atoms with Crippen molar-refractivity contribution >= 4 is 23.4 Å². The Labute approximate surface area is 126 Å². The summed E-state index contributed by atoms with van der Waals surface area (Å²) in [6, 6.07) is -0.428. The van der Waals surface area contributed by atoms with Crippen LogP contribution in [0.5, 0.6) is 0 Å². The average molecular weight is 301 g/mol. The summed E-state index contributed by atoms with van der Waals surface area (Å²) in [6.45, 7) is 8.27. The normalized spacial score (nSPS) is 24.1. The van der Waals surface area contributed by atoms with Gasteiger partial charge in [0.2, 0.25) is 11.8 Å². The average Bonchev–Trinajstić information content (AvgIpc) is 2.47. The van der Waals surface area contributed by atoms with E-state index < -0.39 is 11.6 Å². The molecule has 20 heavy (non-hydrogen) atoms. The number of rotatable bonds is 6. The Morgan fingerprint density at radius 3 is 2.40 bits per heavy atom. The summed E-state index contributed by atoms with van der Waals surface area (Å²) in [5.41, 5.74) is 0.644. The van der Waals surface area contributed by atoms with Crippen molar-refractivity contribution in [2.45, 2.75) is 58.5 Å². The maximum Gasteiger partial charge on any atom is 0.246 e. The Bertz CT molecular complexity index is 391. The molecule has 1 saturated heterocycles. The fourth-order valence-electron chi connectivity index (χ4n) is 2.82. The van der Waals surface area contributed by atoms with E-state index in [-0.39, 0.29) is 17.7 Å². The zero-order chi connectivity index (χ0) is 15.3. The summed E-state index contributed by atoms with van der Waals surface area (Å²) in [5.74, 6) is 0.0773. The Morgan fingerprint density at radius 2 is 1.95 bits per heavy atom. The van der Waals surface area contributed by atoms with Crippen molar-refractivity contribution in [2.75, 3.05) is 6.54 Å². The lowest BCUT2D eigenvalue weighted by atomic mass is 9.83. The molecule has 0 aromatic carbocycles. The number of piperazine rings is 1. The van der Waals surface area contributed by atoms with E-state index in [4.69, 9.17) is 11.6 Å². The highest BCUT2D eigenvalue weighted by atomic mass is 35.5. The quantitative estimate of drug-likeness (QED) is 0.820. The van der Waals surface area contributed by atoms with Crippen molar-refractivity contribution in [1.82, 2.24) is 10.2 Å². The van der Waals surface area contributed by atoms with E-state index in [9.17, 15) is 9.59 Å². The third kappa shape index (κ3) is 2.85. The first kappa shape index (κ1) is 17.0. The van der Waals surface area contributed by atoms with Crippen LogP contribution in [-0.2, 0) is 9.59 Å². The minimum atomic E-state index is -0.753. The van der Waals surface area contributed by atoms with Crippen LogP contribution in [0.4, 0.5) is 0 Å². The lowest BCUT2D eigenvalue weighted by Crippen LogP contribution is -2.71. The molecule has 4 nitrogen and oxygen atoms in total. The van der Waals surface area contributed by atoms with Crippen molar-refractivity contribution in [3.63, 3.8) is 0 Å². The standard InChI is InChI=1S/C15H25ClN2O2/c1-5-11(4)12-13(19)18(10-8-9-16)15(6-2,7-3)14(20)17-12/h8-9,11-12H,5-7,10H2,1-4H3,(H,17,20)/b9-8+. The second kappa shape index (κ2) is 7.11. The first-order valence-corrected chi connectivity index (χ1v) is 7.79. The topological polar surface area (TPSA) is 49.4 Å². The Morgan fingerprint density at radius 1 is 1.35 bits per heavy atom. The first-order chi connectivity index (χ1) is 9.48. The molecule has 0 aromatic heterocycles. The Hall–Kier alpha value is -1.03. The minimum Gasteiger partial charge on any atom is -0.342 e. The van der Waals surface area contributed by atoms with E-state index >= 15 is 0 Å². The summed E-state index contributed by atoms with van der Waals surface area (Å²) in [4.78, 5) is 27.0. The highest BCUT2D eigenvalue weighted by Gasteiger charge is 2.50. The maximum absolute atomic E-state index is 12.7. The van der Waals surface area contributed by atoms with Gasteiger partial charge in [0, 0.05) is 12.1 Å². The first-order valence-electron chi connectivity index (χ1n) is 7.36. The third-order valence-corrected chi connectivity index (χ3v) is 4.70. The number of nitrogens with one attached hydrogen (secondary N) is 1. The summed E-state index contributed by atoms with van der Waals surface area (Å²) < 4.78 is 0. The van der Waals surface area contributed by atoms with E-state index in [0.29, 0.717) is 19.4 Å². The van der Waals surface area contributed by atoms with Gasteiger partial charge in [-0.05, 0) is 18.8 Å². The number of halogens is 1. The lowest BCUT2D eigenvalue weighted by molar-refractivity contribution is -0.159. The van der Waals surface area contributed by atoms with Gasteiger partial charge in [0.25, 0.3) is 0 Å². The van der Waals surface area contributed by atoms with Crippen molar-refractivity contribution in [2.24, 2.45) is 5.92 Å². The molecule has 1 aliphatic rings. The van der Waals surface area contributed by atoms with E-state index in [1.807, 2.05) is 27.7 Å². The molecular formula is C15H25ClN2O2. The van der Waals surface area contributed by atoms with Gasteiger partial charge in [-0.15, -0.1) is 0 Å². The largest absolute Gasteiger partial charge is 0.342 e. The van der Waals surface area contributed by atoms with E-state index in [1.165, 1.54) is 5.54 Å². The monoisotopic (exact) mass is 300 g/mol. The molecule has 0 spiro atoms. The molecule has 0 saturated carbocycles. The number of hydrogen-bond acceptors (Lipinski definition) is 2. The van der Waals surface area contributed by atoms with Gasteiger partial charge in [-0.1, -0.05) is 51.8 Å². The van der Waals surface area contributed by atoms with Crippen molar-refractivity contribution in [1.29, 1.82) is 0 Å². The molecular weight excluding hydrogens is 276 g/mol. The van der Waals surface area contributed by atoms with Crippen LogP contribution in [0.25, 0.3) is 0 Å². The Balaban J connectivity index is 3.17. The van der Waals surface area contributed by atoms with Crippen LogP contribution in [0.3, 0.4) is 0 Å². The SMILES string of the molecule is CCC(C)C1NC(=O)C(CC)(CC)N(C/C=C/Cl)C1=O. The molecule has 5 heteroatoms. The summed E-state index contributed by atoms with van der Waals surface area (Å²) in [6.07, 6.45) is 3.77. The van der Waals surface area contributed by atoms with Gasteiger partial charge >= 0.3 is 0 Å². The van der Waals surface area contributed by atoms with Gasteiger partial charge in [0.05, 0.1) is 0 Å². The molecule has 1 rings (SSSR count). The molecule has 0 aromatic rings. The van der Waals surface area contributed by atoms with Crippen molar-refractivity contribution < 1.29 is 9.59 Å². The van der Waals surface area contributed by atoms with Gasteiger partial charge < -0.3 is 10.2 Å². The minimum absolute atomic E-state index is 0.00239. The molecule has 114 valence electrons. The fraction of sp³-hybridized carbons (Fsp3) is 0.733. The highest BCUT2D eigenvalue weighted by Crippen LogP contribution is 2.30. The summed E-state index contributed by atoms with van der Waals surface area (Å²) in [7, 11) is 0. The van der Waals surface area contributed by atoms with Crippen LogP contribution < -0.4 is 5.32 Å². The van der Waals surface area contributed by atoms with Crippen LogP contribution in [0.1, 0.15) is 47.0 Å². The molecule has 0 aliphatic carbocycles. The zero-order valence-electron chi connectivity index (χ0n) is 12.8.